The third kappa shape index (κ3) is 3.68. The first-order valence-corrected chi connectivity index (χ1v) is 7.48. The van der Waals surface area contributed by atoms with Crippen molar-refractivity contribution < 1.29 is 14.3 Å². The van der Waals surface area contributed by atoms with Crippen molar-refractivity contribution in [3.63, 3.8) is 0 Å². The number of hydrogen-bond donors (Lipinski definition) is 1. The quantitative estimate of drug-likeness (QED) is 0.801. The average Bonchev–Trinajstić information content (AvgIpc) is 2.93. The van der Waals surface area contributed by atoms with Crippen LogP contribution in [0.5, 0.6) is 0 Å². The number of carbonyl (C=O) groups excluding carboxylic acids is 1. The van der Waals surface area contributed by atoms with Gasteiger partial charge in [-0.1, -0.05) is 6.92 Å². The number of likely N-dealkylation sites (tertiary alicyclic amines) is 1. The van der Waals surface area contributed by atoms with E-state index in [1.165, 1.54) is 0 Å². The zero-order valence-electron chi connectivity index (χ0n) is 11.8. The maximum absolute atomic E-state index is 12.5. The molecule has 0 bridgehead atoms. The fourth-order valence-corrected chi connectivity index (χ4v) is 3.05. The first-order chi connectivity index (χ1) is 9.26. The monoisotopic (exact) mass is 270 g/mol. The van der Waals surface area contributed by atoms with Gasteiger partial charge in [0.05, 0.1) is 24.7 Å². The minimum atomic E-state index is 0.0755. The van der Waals surface area contributed by atoms with Crippen LogP contribution in [0.1, 0.15) is 32.6 Å². The number of hydrogen-bond acceptors (Lipinski definition) is 4. The molecular weight excluding hydrogens is 244 g/mol. The van der Waals surface area contributed by atoms with Crippen molar-refractivity contribution in [2.24, 2.45) is 11.7 Å². The standard InChI is InChI=1S/C14H26N2O3/c1-2-13-12(5-9-19-13)14(17)16-7-3-11(4-8-16)18-10-6-15/h11-13H,2-10,15H2,1H3. The van der Waals surface area contributed by atoms with Gasteiger partial charge in [0, 0.05) is 26.2 Å². The van der Waals surface area contributed by atoms with Crippen LogP contribution < -0.4 is 5.73 Å². The van der Waals surface area contributed by atoms with Gasteiger partial charge in [0.15, 0.2) is 0 Å². The van der Waals surface area contributed by atoms with Crippen molar-refractivity contribution in [2.75, 3.05) is 32.8 Å². The molecular formula is C14H26N2O3. The normalized spacial score (nSPS) is 28.8. The summed E-state index contributed by atoms with van der Waals surface area (Å²) in [5.74, 6) is 0.355. The minimum Gasteiger partial charge on any atom is -0.377 e. The molecule has 0 aromatic heterocycles. The third-order valence-electron chi connectivity index (χ3n) is 4.15. The molecule has 5 nitrogen and oxygen atoms in total. The molecule has 2 aliphatic heterocycles. The van der Waals surface area contributed by atoms with Crippen LogP contribution in [-0.4, -0.2) is 55.9 Å². The number of nitrogens with zero attached hydrogens (tertiary/aromatic N) is 1. The highest BCUT2D eigenvalue weighted by molar-refractivity contribution is 5.79. The Hall–Kier alpha value is -0.650. The lowest BCUT2D eigenvalue weighted by Crippen LogP contribution is -2.45. The van der Waals surface area contributed by atoms with Crippen molar-refractivity contribution in [1.29, 1.82) is 0 Å². The van der Waals surface area contributed by atoms with Gasteiger partial charge in [-0.15, -0.1) is 0 Å². The van der Waals surface area contributed by atoms with Crippen LogP contribution >= 0.6 is 0 Å². The predicted octanol–water partition coefficient (Wildman–Crippen LogP) is 0.768. The van der Waals surface area contributed by atoms with Gasteiger partial charge in [-0.3, -0.25) is 4.79 Å². The lowest BCUT2D eigenvalue weighted by atomic mass is 9.96. The van der Waals surface area contributed by atoms with Crippen molar-refractivity contribution in [1.82, 2.24) is 4.90 Å². The Morgan fingerprint density at radius 3 is 2.74 bits per heavy atom. The molecule has 2 N–H and O–H groups in total. The van der Waals surface area contributed by atoms with E-state index in [0.29, 0.717) is 13.2 Å². The van der Waals surface area contributed by atoms with Gasteiger partial charge in [0.2, 0.25) is 5.91 Å². The van der Waals surface area contributed by atoms with Crippen LogP contribution in [0.2, 0.25) is 0 Å². The Kier molecular flexibility index (Phi) is 5.60. The number of ether oxygens (including phenoxy) is 2. The van der Waals surface area contributed by atoms with Crippen LogP contribution in [0.4, 0.5) is 0 Å². The molecule has 0 aromatic carbocycles. The molecule has 2 unspecified atom stereocenters. The summed E-state index contributed by atoms with van der Waals surface area (Å²) in [4.78, 5) is 14.5. The lowest BCUT2D eigenvalue weighted by Gasteiger charge is -2.34. The van der Waals surface area contributed by atoms with Gasteiger partial charge in [-0.05, 0) is 25.7 Å². The fraction of sp³-hybridized carbons (Fsp3) is 0.929. The molecule has 2 saturated heterocycles. The van der Waals surface area contributed by atoms with Crippen LogP contribution in [0.15, 0.2) is 0 Å². The molecule has 2 atom stereocenters. The number of piperidine rings is 1. The summed E-state index contributed by atoms with van der Waals surface area (Å²) < 4.78 is 11.3. The largest absolute Gasteiger partial charge is 0.377 e. The zero-order valence-corrected chi connectivity index (χ0v) is 11.8. The molecule has 2 fully saturated rings. The average molecular weight is 270 g/mol. The maximum Gasteiger partial charge on any atom is 0.228 e. The van der Waals surface area contributed by atoms with Crippen LogP contribution in [0.3, 0.4) is 0 Å². The van der Waals surface area contributed by atoms with E-state index < -0.39 is 0 Å². The Bertz CT molecular complexity index is 290. The van der Waals surface area contributed by atoms with E-state index in [1.54, 1.807) is 0 Å². The van der Waals surface area contributed by atoms with Gasteiger partial charge in [-0.25, -0.2) is 0 Å². The van der Waals surface area contributed by atoms with Crippen molar-refractivity contribution in [2.45, 2.75) is 44.8 Å². The smallest absolute Gasteiger partial charge is 0.228 e. The molecule has 0 aromatic rings. The minimum absolute atomic E-state index is 0.0755. The Labute approximate surface area is 115 Å². The Morgan fingerprint density at radius 2 is 2.11 bits per heavy atom. The summed E-state index contributed by atoms with van der Waals surface area (Å²) in [6.07, 6.45) is 4.05. The third-order valence-corrected chi connectivity index (χ3v) is 4.15. The number of rotatable bonds is 5. The Morgan fingerprint density at radius 1 is 1.37 bits per heavy atom. The SMILES string of the molecule is CCC1OCCC1C(=O)N1CCC(OCCN)CC1. The van der Waals surface area contributed by atoms with E-state index in [2.05, 4.69) is 6.92 Å². The van der Waals surface area contributed by atoms with Crippen LogP contribution in [0, 0.1) is 5.92 Å². The van der Waals surface area contributed by atoms with E-state index in [1.807, 2.05) is 4.90 Å². The lowest BCUT2D eigenvalue weighted by molar-refractivity contribution is -0.140. The summed E-state index contributed by atoms with van der Waals surface area (Å²) in [6.45, 7) is 5.61. The van der Waals surface area contributed by atoms with E-state index in [0.717, 1.165) is 45.4 Å². The number of carbonyl (C=O) groups is 1. The van der Waals surface area contributed by atoms with Gasteiger partial charge in [0.1, 0.15) is 0 Å². The molecule has 110 valence electrons. The molecule has 1 amide bonds. The molecule has 0 saturated carbocycles. The summed E-state index contributed by atoms with van der Waals surface area (Å²) in [7, 11) is 0. The van der Waals surface area contributed by atoms with Gasteiger partial charge >= 0.3 is 0 Å². The summed E-state index contributed by atoms with van der Waals surface area (Å²) in [5, 5.41) is 0. The summed E-state index contributed by atoms with van der Waals surface area (Å²) in [5.41, 5.74) is 5.43. The van der Waals surface area contributed by atoms with Gasteiger partial charge in [0.25, 0.3) is 0 Å². The summed E-state index contributed by atoms with van der Waals surface area (Å²) >= 11 is 0. The van der Waals surface area contributed by atoms with E-state index in [9.17, 15) is 4.79 Å². The Balaban J connectivity index is 1.79. The molecule has 0 aliphatic carbocycles. The molecule has 2 heterocycles. The first-order valence-electron chi connectivity index (χ1n) is 7.48. The van der Waals surface area contributed by atoms with Crippen LogP contribution in [-0.2, 0) is 14.3 Å². The fourth-order valence-electron chi connectivity index (χ4n) is 3.05. The van der Waals surface area contributed by atoms with Gasteiger partial charge in [-0.2, -0.15) is 0 Å². The van der Waals surface area contributed by atoms with Gasteiger partial charge < -0.3 is 20.1 Å². The van der Waals surface area contributed by atoms with Crippen LogP contribution in [0.25, 0.3) is 0 Å². The second-order valence-corrected chi connectivity index (χ2v) is 5.40. The van der Waals surface area contributed by atoms with E-state index in [-0.39, 0.29) is 24.0 Å². The van der Waals surface area contributed by atoms with E-state index in [4.69, 9.17) is 15.2 Å². The maximum atomic E-state index is 12.5. The molecule has 5 heteroatoms. The summed E-state index contributed by atoms with van der Waals surface area (Å²) in [6, 6.07) is 0. The highest BCUT2D eigenvalue weighted by Gasteiger charge is 2.36. The highest BCUT2D eigenvalue weighted by atomic mass is 16.5. The molecule has 0 radical (unpaired) electrons. The zero-order chi connectivity index (χ0) is 13.7. The highest BCUT2D eigenvalue weighted by Crippen LogP contribution is 2.27. The number of amides is 1. The topological polar surface area (TPSA) is 64.8 Å². The molecule has 2 rings (SSSR count). The molecule has 2 aliphatic rings. The predicted molar refractivity (Wildman–Crippen MR) is 72.7 cm³/mol. The van der Waals surface area contributed by atoms with Crippen molar-refractivity contribution in [3.8, 4) is 0 Å². The molecule has 0 spiro atoms. The van der Waals surface area contributed by atoms with Crippen molar-refractivity contribution in [3.05, 3.63) is 0 Å². The second-order valence-electron chi connectivity index (χ2n) is 5.40. The molecule has 19 heavy (non-hydrogen) atoms. The number of nitrogens with two attached hydrogens (primary N) is 1. The second kappa shape index (κ2) is 7.22. The van der Waals surface area contributed by atoms with E-state index >= 15 is 0 Å². The van der Waals surface area contributed by atoms with Crippen molar-refractivity contribution >= 4 is 5.91 Å². The first kappa shape index (κ1) is 14.8.